The van der Waals surface area contributed by atoms with Crippen LogP contribution in [0.25, 0.3) is 0 Å². The SMILES string of the molecule is O=C(N[C@H]1CCCOc2ccc(F)cc21)[C@@H]1CC(=O)N(CC(F)(F)F)C1. The summed E-state index contributed by atoms with van der Waals surface area (Å²) in [5.74, 6) is -2.06. The number of amides is 2. The van der Waals surface area contributed by atoms with Crippen molar-refractivity contribution in [3.05, 3.63) is 29.6 Å². The zero-order valence-corrected chi connectivity index (χ0v) is 13.8. The summed E-state index contributed by atoms with van der Waals surface area (Å²) in [5.41, 5.74) is 0.493. The van der Waals surface area contributed by atoms with E-state index in [9.17, 15) is 27.2 Å². The molecular formula is C17H18F4N2O3. The van der Waals surface area contributed by atoms with E-state index in [2.05, 4.69) is 5.32 Å². The van der Waals surface area contributed by atoms with Crippen molar-refractivity contribution in [2.75, 3.05) is 19.7 Å². The second-order valence-corrected chi connectivity index (χ2v) is 6.52. The number of benzene rings is 1. The first-order valence-electron chi connectivity index (χ1n) is 8.30. The van der Waals surface area contributed by atoms with Crippen molar-refractivity contribution < 1.29 is 31.9 Å². The van der Waals surface area contributed by atoms with Gasteiger partial charge in [-0.2, -0.15) is 13.2 Å². The Balaban J connectivity index is 1.69. The topological polar surface area (TPSA) is 58.6 Å². The molecule has 2 aliphatic rings. The fourth-order valence-electron chi connectivity index (χ4n) is 3.30. The molecule has 1 aromatic carbocycles. The van der Waals surface area contributed by atoms with Crippen LogP contribution < -0.4 is 10.1 Å². The van der Waals surface area contributed by atoms with Crippen molar-refractivity contribution in [3.63, 3.8) is 0 Å². The van der Waals surface area contributed by atoms with Crippen molar-refractivity contribution in [2.24, 2.45) is 5.92 Å². The van der Waals surface area contributed by atoms with E-state index in [4.69, 9.17) is 4.74 Å². The standard InChI is InChI=1S/C17H18F4N2O3/c18-11-3-4-14-12(7-11)13(2-1-5-26-14)22-16(25)10-6-15(24)23(8-10)9-17(19,20)21/h3-4,7,10,13H,1-2,5-6,8-9H2,(H,22,25)/t10-,13+/m1/s1. The van der Waals surface area contributed by atoms with Crippen molar-refractivity contribution in [1.29, 1.82) is 0 Å². The first-order chi connectivity index (χ1) is 12.2. The molecule has 1 fully saturated rings. The van der Waals surface area contributed by atoms with Gasteiger partial charge in [-0.25, -0.2) is 4.39 Å². The predicted molar refractivity (Wildman–Crippen MR) is 82.8 cm³/mol. The summed E-state index contributed by atoms with van der Waals surface area (Å²) in [6, 6.07) is 3.51. The third-order valence-corrected chi connectivity index (χ3v) is 4.51. The number of hydrogen-bond donors (Lipinski definition) is 1. The maximum atomic E-state index is 13.6. The number of halogens is 4. The summed E-state index contributed by atoms with van der Waals surface area (Å²) in [6.45, 7) is -1.21. The van der Waals surface area contributed by atoms with Gasteiger partial charge < -0.3 is 15.0 Å². The molecule has 0 bridgehead atoms. The van der Waals surface area contributed by atoms with E-state index in [0.29, 0.717) is 35.7 Å². The van der Waals surface area contributed by atoms with E-state index in [1.54, 1.807) is 0 Å². The minimum atomic E-state index is -4.50. The molecule has 1 saturated heterocycles. The van der Waals surface area contributed by atoms with Crippen LogP contribution in [0.2, 0.25) is 0 Å². The Hall–Kier alpha value is -2.32. The quantitative estimate of drug-likeness (QED) is 0.828. The number of nitrogens with one attached hydrogen (secondary N) is 1. The lowest BCUT2D eigenvalue weighted by Gasteiger charge is -2.21. The molecule has 2 atom stereocenters. The van der Waals surface area contributed by atoms with Gasteiger partial charge in [0, 0.05) is 18.5 Å². The van der Waals surface area contributed by atoms with Gasteiger partial charge in [-0.15, -0.1) is 0 Å². The molecule has 1 aromatic rings. The number of likely N-dealkylation sites (tertiary alicyclic amines) is 1. The van der Waals surface area contributed by atoms with E-state index in [-0.39, 0.29) is 13.0 Å². The summed E-state index contributed by atoms with van der Waals surface area (Å²) < 4.78 is 56.6. The molecule has 3 rings (SSSR count). The number of hydrogen-bond acceptors (Lipinski definition) is 3. The van der Waals surface area contributed by atoms with E-state index >= 15 is 0 Å². The summed E-state index contributed by atoms with van der Waals surface area (Å²) in [5, 5.41) is 2.74. The molecule has 0 aliphatic carbocycles. The molecule has 9 heteroatoms. The first-order valence-corrected chi connectivity index (χ1v) is 8.30. The Morgan fingerprint density at radius 3 is 2.85 bits per heavy atom. The van der Waals surface area contributed by atoms with Crippen LogP contribution >= 0.6 is 0 Å². The fourth-order valence-corrected chi connectivity index (χ4v) is 3.30. The molecule has 5 nitrogen and oxygen atoms in total. The molecule has 142 valence electrons. The Kier molecular flexibility index (Phi) is 5.06. The van der Waals surface area contributed by atoms with E-state index in [0.717, 1.165) is 0 Å². The second-order valence-electron chi connectivity index (χ2n) is 6.52. The van der Waals surface area contributed by atoms with Gasteiger partial charge in [-0.3, -0.25) is 9.59 Å². The molecule has 1 N–H and O–H groups in total. The van der Waals surface area contributed by atoms with Gasteiger partial charge in [-0.1, -0.05) is 0 Å². The maximum Gasteiger partial charge on any atom is 0.406 e. The van der Waals surface area contributed by atoms with E-state index < -0.39 is 42.3 Å². The molecule has 0 spiro atoms. The molecule has 2 aliphatic heterocycles. The average molecular weight is 374 g/mol. The molecule has 2 amide bonds. The van der Waals surface area contributed by atoms with Crippen LogP contribution in [-0.2, 0) is 9.59 Å². The van der Waals surface area contributed by atoms with Crippen LogP contribution in [-0.4, -0.2) is 42.6 Å². The highest BCUT2D eigenvalue weighted by Crippen LogP contribution is 2.33. The van der Waals surface area contributed by atoms with E-state index in [1.807, 2.05) is 0 Å². The smallest absolute Gasteiger partial charge is 0.406 e. The Morgan fingerprint density at radius 1 is 1.35 bits per heavy atom. The summed E-state index contributed by atoms with van der Waals surface area (Å²) >= 11 is 0. The monoisotopic (exact) mass is 374 g/mol. The number of nitrogens with zero attached hydrogens (tertiary/aromatic N) is 1. The van der Waals surface area contributed by atoms with Gasteiger partial charge >= 0.3 is 6.18 Å². The van der Waals surface area contributed by atoms with Crippen molar-refractivity contribution in [1.82, 2.24) is 10.2 Å². The van der Waals surface area contributed by atoms with Gasteiger partial charge in [0.05, 0.1) is 18.6 Å². The number of fused-ring (bicyclic) bond motifs is 1. The summed E-state index contributed by atoms with van der Waals surface area (Å²) in [6.07, 6.45) is -3.63. The van der Waals surface area contributed by atoms with Crippen LogP contribution in [0, 0.1) is 11.7 Å². The lowest BCUT2D eigenvalue weighted by Crippen LogP contribution is -2.38. The minimum absolute atomic E-state index is 0.263. The highest BCUT2D eigenvalue weighted by atomic mass is 19.4. The third-order valence-electron chi connectivity index (χ3n) is 4.51. The van der Waals surface area contributed by atoms with E-state index in [1.165, 1.54) is 18.2 Å². The lowest BCUT2D eigenvalue weighted by molar-refractivity contribution is -0.157. The molecule has 0 saturated carbocycles. The molecule has 2 heterocycles. The normalized spacial score (nSPS) is 23.2. The van der Waals surface area contributed by atoms with Gasteiger partial charge in [0.2, 0.25) is 11.8 Å². The molecule has 26 heavy (non-hydrogen) atoms. The number of ether oxygens (including phenoxy) is 1. The molecule has 0 radical (unpaired) electrons. The second kappa shape index (κ2) is 7.13. The van der Waals surface area contributed by atoms with Gasteiger partial charge in [0.15, 0.2) is 0 Å². The maximum absolute atomic E-state index is 13.6. The molecule has 0 unspecified atom stereocenters. The fraction of sp³-hybridized carbons (Fsp3) is 0.529. The van der Waals surface area contributed by atoms with Crippen LogP contribution in [0.1, 0.15) is 30.9 Å². The van der Waals surface area contributed by atoms with Gasteiger partial charge in [-0.05, 0) is 31.0 Å². The first kappa shape index (κ1) is 18.5. The third kappa shape index (κ3) is 4.25. The zero-order chi connectivity index (χ0) is 18.9. The Bertz CT molecular complexity index is 708. The number of carbonyl (C=O) groups excluding carboxylic acids is 2. The van der Waals surface area contributed by atoms with Gasteiger partial charge in [0.1, 0.15) is 18.1 Å². The van der Waals surface area contributed by atoms with Crippen LogP contribution in [0.4, 0.5) is 17.6 Å². The van der Waals surface area contributed by atoms with Crippen LogP contribution in [0.5, 0.6) is 5.75 Å². The largest absolute Gasteiger partial charge is 0.493 e. The Labute approximate surface area is 147 Å². The minimum Gasteiger partial charge on any atom is -0.493 e. The number of rotatable bonds is 3. The van der Waals surface area contributed by atoms with Crippen molar-refractivity contribution in [2.45, 2.75) is 31.5 Å². The highest BCUT2D eigenvalue weighted by Gasteiger charge is 2.41. The number of alkyl halides is 3. The molecule has 0 aromatic heterocycles. The van der Waals surface area contributed by atoms with Crippen molar-refractivity contribution in [3.8, 4) is 5.75 Å². The Morgan fingerprint density at radius 2 is 2.12 bits per heavy atom. The molecular weight excluding hydrogens is 356 g/mol. The highest BCUT2D eigenvalue weighted by molar-refractivity contribution is 5.89. The summed E-state index contributed by atoms with van der Waals surface area (Å²) in [7, 11) is 0. The van der Waals surface area contributed by atoms with Crippen LogP contribution in [0.15, 0.2) is 18.2 Å². The van der Waals surface area contributed by atoms with Gasteiger partial charge in [0.25, 0.3) is 0 Å². The zero-order valence-electron chi connectivity index (χ0n) is 13.8. The average Bonchev–Trinajstić information content (AvgIpc) is 2.78. The lowest BCUT2D eigenvalue weighted by atomic mass is 10.00. The summed E-state index contributed by atoms with van der Waals surface area (Å²) in [4.78, 5) is 24.9. The van der Waals surface area contributed by atoms with Crippen molar-refractivity contribution >= 4 is 11.8 Å². The predicted octanol–water partition coefficient (Wildman–Crippen LogP) is 2.57. The van der Waals surface area contributed by atoms with Crippen LogP contribution in [0.3, 0.4) is 0 Å². The number of carbonyl (C=O) groups is 2.